The molecule has 0 amide bonds. The molecule has 2 aromatic carbocycles. The minimum atomic E-state index is -0.0907. The number of hydrogen-bond acceptors (Lipinski definition) is 2. The van der Waals surface area contributed by atoms with Gasteiger partial charge in [0.05, 0.1) is 18.2 Å². The summed E-state index contributed by atoms with van der Waals surface area (Å²) in [7, 11) is 0. The van der Waals surface area contributed by atoms with E-state index in [9.17, 15) is 0 Å². The monoisotopic (exact) mass is 253 g/mol. The van der Waals surface area contributed by atoms with Gasteiger partial charge >= 0.3 is 0 Å². The molecule has 2 atom stereocenters. The largest absolute Gasteiger partial charge is 0.370 e. The average Bonchev–Trinajstić information content (AvgIpc) is 2.50. The van der Waals surface area contributed by atoms with Gasteiger partial charge < -0.3 is 10.1 Å². The Morgan fingerprint density at radius 2 is 1.63 bits per heavy atom. The number of hydrogen-bond donors (Lipinski definition) is 1. The first-order chi connectivity index (χ1) is 9.28. The highest BCUT2D eigenvalue weighted by molar-refractivity contribution is 5.25. The number of ether oxygens (including phenoxy) is 1. The standard InChI is InChI=1S/C17H19NO/c1-17(15-10-6-3-7-11-15)13-19-16(12-18-17)14-8-4-2-5-9-14/h2-11,16,18H,12-13H2,1H3. The Bertz CT molecular complexity index is 515. The van der Waals surface area contributed by atoms with Crippen molar-refractivity contribution in [1.29, 1.82) is 0 Å². The third kappa shape index (κ3) is 2.55. The third-order valence-electron chi connectivity index (χ3n) is 3.83. The van der Waals surface area contributed by atoms with Crippen molar-refractivity contribution in [3.05, 3.63) is 71.8 Å². The van der Waals surface area contributed by atoms with Crippen LogP contribution in [-0.4, -0.2) is 13.2 Å². The van der Waals surface area contributed by atoms with Crippen molar-refractivity contribution in [3.63, 3.8) is 0 Å². The minimum absolute atomic E-state index is 0.0907. The molecule has 0 spiro atoms. The molecular weight excluding hydrogens is 234 g/mol. The Balaban J connectivity index is 1.73. The smallest absolute Gasteiger partial charge is 0.0950 e. The highest BCUT2D eigenvalue weighted by atomic mass is 16.5. The van der Waals surface area contributed by atoms with Gasteiger partial charge in [-0.25, -0.2) is 0 Å². The van der Waals surface area contributed by atoms with Crippen molar-refractivity contribution < 1.29 is 4.74 Å². The molecule has 0 bridgehead atoms. The summed E-state index contributed by atoms with van der Waals surface area (Å²) in [4.78, 5) is 0. The van der Waals surface area contributed by atoms with Crippen molar-refractivity contribution in [2.24, 2.45) is 0 Å². The van der Waals surface area contributed by atoms with Crippen LogP contribution in [0, 0.1) is 0 Å². The number of rotatable bonds is 2. The van der Waals surface area contributed by atoms with E-state index in [-0.39, 0.29) is 11.6 Å². The molecule has 0 aromatic heterocycles. The fourth-order valence-corrected chi connectivity index (χ4v) is 2.57. The van der Waals surface area contributed by atoms with Crippen LogP contribution < -0.4 is 5.32 Å². The quantitative estimate of drug-likeness (QED) is 0.887. The fraction of sp³-hybridized carbons (Fsp3) is 0.294. The number of nitrogens with one attached hydrogen (secondary N) is 1. The molecule has 2 heteroatoms. The van der Waals surface area contributed by atoms with Crippen molar-refractivity contribution >= 4 is 0 Å². The molecule has 1 saturated heterocycles. The van der Waals surface area contributed by atoms with Crippen LogP contribution in [0.4, 0.5) is 0 Å². The van der Waals surface area contributed by atoms with Crippen LogP contribution in [0.3, 0.4) is 0 Å². The highest BCUT2D eigenvalue weighted by Crippen LogP contribution is 2.29. The summed E-state index contributed by atoms with van der Waals surface area (Å²) in [5, 5.41) is 3.64. The third-order valence-corrected chi connectivity index (χ3v) is 3.83. The first-order valence-corrected chi connectivity index (χ1v) is 6.75. The van der Waals surface area contributed by atoms with Gasteiger partial charge in [-0.2, -0.15) is 0 Å². The second-order valence-corrected chi connectivity index (χ2v) is 5.29. The van der Waals surface area contributed by atoms with E-state index in [2.05, 4.69) is 60.8 Å². The van der Waals surface area contributed by atoms with Crippen LogP contribution in [0.2, 0.25) is 0 Å². The van der Waals surface area contributed by atoms with Gasteiger partial charge in [0.25, 0.3) is 0 Å². The van der Waals surface area contributed by atoms with Crippen LogP contribution in [0.1, 0.15) is 24.2 Å². The normalized spacial score (nSPS) is 27.1. The van der Waals surface area contributed by atoms with Gasteiger partial charge in [-0.3, -0.25) is 0 Å². The van der Waals surface area contributed by atoms with Gasteiger partial charge in [0.2, 0.25) is 0 Å². The molecular formula is C17H19NO. The Morgan fingerprint density at radius 3 is 2.21 bits per heavy atom. The molecule has 0 radical (unpaired) electrons. The summed E-state index contributed by atoms with van der Waals surface area (Å²) in [6.07, 6.45) is 0.151. The van der Waals surface area contributed by atoms with Gasteiger partial charge in [-0.15, -0.1) is 0 Å². The second-order valence-electron chi connectivity index (χ2n) is 5.29. The van der Waals surface area contributed by atoms with Gasteiger partial charge in [-0.1, -0.05) is 60.7 Å². The summed E-state index contributed by atoms with van der Waals surface area (Å²) in [6.45, 7) is 3.73. The van der Waals surface area contributed by atoms with Crippen molar-refractivity contribution in [1.82, 2.24) is 5.32 Å². The van der Waals surface area contributed by atoms with E-state index >= 15 is 0 Å². The summed E-state index contributed by atoms with van der Waals surface area (Å²) < 4.78 is 6.07. The van der Waals surface area contributed by atoms with E-state index in [0.29, 0.717) is 6.61 Å². The van der Waals surface area contributed by atoms with Gasteiger partial charge in [-0.05, 0) is 18.1 Å². The first kappa shape index (κ1) is 12.4. The van der Waals surface area contributed by atoms with Crippen molar-refractivity contribution in [2.75, 3.05) is 13.2 Å². The Morgan fingerprint density at radius 1 is 1.00 bits per heavy atom. The highest BCUT2D eigenvalue weighted by Gasteiger charge is 2.33. The Kier molecular flexibility index (Phi) is 3.36. The van der Waals surface area contributed by atoms with Crippen LogP contribution in [0.25, 0.3) is 0 Å². The first-order valence-electron chi connectivity index (χ1n) is 6.75. The van der Waals surface area contributed by atoms with Crippen LogP contribution in [0.15, 0.2) is 60.7 Å². The second kappa shape index (κ2) is 5.16. The number of benzene rings is 2. The maximum atomic E-state index is 6.07. The lowest BCUT2D eigenvalue weighted by Crippen LogP contribution is -2.50. The molecule has 0 aliphatic carbocycles. The summed E-state index contributed by atoms with van der Waals surface area (Å²) >= 11 is 0. The molecule has 0 saturated carbocycles. The van der Waals surface area contributed by atoms with Crippen LogP contribution in [-0.2, 0) is 10.3 Å². The van der Waals surface area contributed by atoms with Gasteiger partial charge in [0.15, 0.2) is 0 Å². The molecule has 2 aromatic rings. The van der Waals surface area contributed by atoms with E-state index in [0.717, 1.165) is 6.54 Å². The zero-order valence-corrected chi connectivity index (χ0v) is 11.2. The molecule has 2 nitrogen and oxygen atoms in total. The summed E-state index contributed by atoms with van der Waals surface area (Å²) in [5.74, 6) is 0. The molecule has 98 valence electrons. The molecule has 1 aliphatic rings. The maximum Gasteiger partial charge on any atom is 0.0950 e. The fourth-order valence-electron chi connectivity index (χ4n) is 2.57. The average molecular weight is 253 g/mol. The molecule has 3 rings (SSSR count). The SMILES string of the molecule is CC1(c2ccccc2)COC(c2ccccc2)CN1. The van der Waals surface area contributed by atoms with Gasteiger partial charge in [0.1, 0.15) is 0 Å². The van der Waals surface area contributed by atoms with Crippen LogP contribution in [0.5, 0.6) is 0 Å². The number of morpholine rings is 1. The van der Waals surface area contributed by atoms with Crippen molar-refractivity contribution in [3.8, 4) is 0 Å². The molecule has 2 unspecified atom stereocenters. The zero-order chi connectivity index (χ0) is 13.1. The van der Waals surface area contributed by atoms with Crippen molar-refractivity contribution in [2.45, 2.75) is 18.6 Å². The van der Waals surface area contributed by atoms with E-state index in [1.165, 1.54) is 11.1 Å². The molecule has 1 N–H and O–H groups in total. The zero-order valence-electron chi connectivity index (χ0n) is 11.2. The van der Waals surface area contributed by atoms with Gasteiger partial charge in [0, 0.05) is 6.54 Å². The maximum absolute atomic E-state index is 6.07. The van der Waals surface area contributed by atoms with E-state index in [4.69, 9.17) is 4.74 Å². The van der Waals surface area contributed by atoms with Crippen LogP contribution >= 0.6 is 0 Å². The van der Waals surface area contributed by atoms with E-state index in [1.807, 2.05) is 12.1 Å². The Labute approximate surface area is 114 Å². The summed E-state index contributed by atoms with van der Waals surface area (Å²) in [5.41, 5.74) is 2.43. The predicted molar refractivity (Wildman–Crippen MR) is 76.9 cm³/mol. The molecule has 1 fully saturated rings. The van der Waals surface area contributed by atoms with E-state index < -0.39 is 0 Å². The predicted octanol–water partition coefficient (Wildman–Crippen LogP) is 3.26. The molecule has 19 heavy (non-hydrogen) atoms. The lowest BCUT2D eigenvalue weighted by atomic mass is 9.91. The minimum Gasteiger partial charge on any atom is -0.370 e. The lowest BCUT2D eigenvalue weighted by molar-refractivity contribution is -0.0307. The van der Waals surface area contributed by atoms with E-state index in [1.54, 1.807) is 0 Å². The Hall–Kier alpha value is -1.64. The molecule has 1 aliphatic heterocycles. The molecule has 1 heterocycles. The lowest BCUT2D eigenvalue weighted by Gasteiger charge is -2.39. The summed E-state index contributed by atoms with van der Waals surface area (Å²) in [6, 6.07) is 20.9. The topological polar surface area (TPSA) is 21.3 Å².